The minimum atomic E-state index is -5.17. The average Bonchev–Trinajstić information content (AvgIpc) is 2.76. The lowest BCUT2D eigenvalue weighted by Gasteiger charge is -2.27. The number of alkyl halides is 3. The Morgan fingerprint density at radius 1 is 0.818 bits per heavy atom. The van der Waals surface area contributed by atoms with Crippen molar-refractivity contribution < 1.29 is 26.3 Å². The Morgan fingerprint density at radius 3 is 2.06 bits per heavy atom. The van der Waals surface area contributed by atoms with Crippen LogP contribution in [-0.4, -0.2) is 0 Å². The van der Waals surface area contributed by atoms with Crippen LogP contribution in [0.3, 0.4) is 0 Å². The highest BCUT2D eigenvalue weighted by Crippen LogP contribution is 2.38. The minimum Gasteiger partial charge on any atom is -0.206 e. The van der Waals surface area contributed by atoms with Gasteiger partial charge in [-0.2, -0.15) is 13.2 Å². The van der Waals surface area contributed by atoms with E-state index in [0.717, 1.165) is 24.3 Å². The van der Waals surface area contributed by atoms with Crippen LogP contribution >= 0.6 is 0 Å². The normalized spacial score (nSPS) is 19.2. The number of rotatable bonds is 5. The van der Waals surface area contributed by atoms with Gasteiger partial charge < -0.3 is 0 Å². The number of hydrogen-bond acceptors (Lipinski definition) is 0. The number of benzene rings is 3. The number of halogens is 6. The van der Waals surface area contributed by atoms with Gasteiger partial charge in [0.25, 0.3) is 0 Å². The maximum atomic E-state index is 15.2. The van der Waals surface area contributed by atoms with Crippen molar-refractivity contribution >= 4 is 10.8 Å². The molecular formula is C27H26F6. The summed E-state index contributed by atoms with van der Waals surface area (Å²) in [7, 11) is 0. The van der Waals surface area contributed by atoms with Crippen molar-refractivity contribution in [3.8, 4) is 11.1 Å². The topological polar surface area (TPSA) is 0 Å². The first kappa shape index (κ1) is 23.7. The van der Waals surface area contributed by atoms with Gasteiger partial charge >= 0.3 is 6.18 Å². The molecule has 3 aromatic carbocycles. The van der Waals surface area contributed by atoms with Crippen LogP contribution in [0.4, 0.5) is 26.3 Å². The number of hydrogen-bond donors (Lipinski definition) is 0. The molecule has 1 aliphatic carbocycles. The number of fused-ring (bicyclic) bond motifs is 1. The molecule has 0 amide bonds. The molecule has 0 aliphatic heterocycles. The Kier molecular flexibility index (Phi) is 6.73. The molecule has 0 aromatic heterocycles. The van der Waals surface area contributed by atoms with Crippen molar-refractivity contribution in [1.29, 1.82) is 0 Å². The lowest BCUT2D eigenvalue weighted by atomic mass is 9.78. The van der Waals surface area contributed by atoms with E-state index in [4.69, 9.17) is 0 Å². The van der Waals surface area contributed by atoms with Crippen LogP contribution < -0.4 is 0 Å². The van der Waals surface area contributed by atoms with E-state index < -0.39 is 29.2 Å². The molecule has 1 saturated carbocycles. The summed E-state index contributed by atoms with van der Waals surface area (Å²) >= 11 is 0. The van der Waals surface area contributed by atoms with Crippen molar-refractivity contribution in [3.63, 3.8) is 0 Å². The first-order chi connectivity index (χ1) is 15.7. The van der Waals surface area contributed by atoms with Crippen LogP contribution in [0.2, 0.25) is 0 Å². The largest absolute Gasteiger partial charge is 0.422 e. The van der Waals surface area contributed by atoms with E-state index >= 15 is 4.39 Å². The molecule has 6 heteroatoms. The van der Waals surface area contributed by atoms with Crippen LogP contribution in [0, 0.1) is 29.3 Å². The zero-order chi connectivity index (χ0) is 23.8. The molecule has 0 N–H and O–H groups in total. The summed E-state index contributed by atoms with van der Waals surface area (Å²) < 4.78 is 81.6. The van der Waals surface area contributed by atoms with Crippen LogP contribution in [0.5, 0.6) is 0 Å². The zero-order valence-corrected chi connectivity index (χ0v) is 18.4. The van der Waals surface area contributed by atoms with E-state index in [1.54, 1.807) is 12.1 Å². The van der Waals surface area contributed by atoms with E-state index in [2.05, 4.69) is 6.92 Å². The first-order valence-corrected chi connectivity index (χ1v) is 11.4. The Hall–Kier alpha value is -2.50. The van der Waals surface area contributed by atoms with Crippen LogP contribution in [0.1, 0.15) is 56.6 Å². The van der Waals surface area contributed by atoms with Gasteiger partial charge in [0, 0.05) is 10.9 Å². The minimum absolute atomic E-state index is 0.144. The highest BCUT2D eigenvalue weighted by atomic mass is 19.4. The van der Waals surface area contributed by atoms with Crippen molar-refractivity contribution in [1.82, 2.24) is 0 Å². The van der Waals surface area contributed by atoms with Crippen LogP contribution in [0.15, 0.2) is 42.5 Å². The van der Waals surface area contributed by atoms with Crippen molar-refractivity contribution in [2.45, 2.75) is 58.0 Å². The second kappa shape index (κ2) is 9.40. The summed E-state index contributed by atoms with van der Waals surface area (Å²) in [5.41, 5.74) is -1.29. The smallest absolute Gasteiger partial charge is 0.206 e. The van der Waals surface area contributed by atoms with Crippen LogP contribution in [0.25, 0.3) is 21.9 Å². The van der Waals surface area contributed by atoms with Gasteiger partial charge in [0.2, 0.25) is 0 Å². The Labute approximate surface area is 189 Å². The van der Waals surface area contributed by atoms with Gasteiger partial charge in [-0.25, -0.2) is 13.2 Å². The lowest BCUT2D eigenvalue weighted by molar-refractivity contribution is -0.142. The van der Waals surface area contributed by atoms with E-state index in [1.165, 1.54) is 38.2 Å². The quantitative estimate of drug-likeness (QED) is 0.330. The predicted molar refractivity (Wildman–Crippen MR) is 118 cm³/mol. The van der Waals surface area contributed by atoms with Gasteiger partial charge in [0.05, 0.1) is 0 Å². The fourth-order valence-corrected chi connectivity index (χ4v) is 5.02. The van der Waals surface area contributed by atoms with Gasteiger partial charge in [-0.3, -0.25) is 0 Å². The fourth-order valence-electron chi connectivity index (χ4n) is 5.02. The van der Waals surface area contributed by atoms with Crippen molar-refractivity contribution in [3.05, 3.63) is 71.0 Å². The van der Waals surface area contributed by atoms with Gasteiger partial charge in [-0.05, 0) is 53.3 Å². The monoisotopic (exact) mass is 464 g/mol. The predicted octanol–water partition coefficient (Wildman–Crippen LogP) is 9.09. The maximum Gasteiger partial charge on any atom is 0.422 e. The third-order valence-corrected chi connectivity index (χ3v) is 7.04. The molecule has 0 unspecified atom stereocenters. The summed E-state index contributed by atoms with van der Waals surface area (Å²) in [6, 6.07) is 9.44. The molecule has 1 aliphatic rings. The summed E-state index contributed by atoms with van der Waals surface area (Å²) in [4.78, 5) is 0. The molecule has 0 saturated heterocycles. The molecule has 1 fully saturated rings. The Balaban J connectivity index is 1.55. The summed E-state index contributed by atoms with van der Waals surface area (Å²) in [5.74, 6) is -2.67. The SMILES string of the molecule is CC[C@H]1CC[C@H](CCc2ccc3c(F)c(-c4cc(F)c(C(F)(F)F)c(F)c4)ccc3c2)CC1. The summed E-state index contributed by atoms with van der Waals surface area (Å²) in [5, 5.41) is 0.914. The molecule has 0 nitrogen and oxygen atoms in total. The van der Waals surface area contributed by atoms with Crippen molar-refractivity contribution in [2.24, 2.45) is 11.8 Å². The van der Waals surface area contributed by atoms with Gasteiger partial charge in [-0.15, -0.1) is 0 Å². The zero-order valence-electron chi connectivity index (χ0n) is 18.4. The highest BCUT2D eigenvalue weighted by Gasteiger charge is 2.38. The van der Waals surface area contributed by atoms with E-state index in [0.29, 0.717) is 23.4 Å². The highest BCUT2D eigenvalue weighted by molar-refractivity contribution is 5.88. The van der Waals surface area contributed by atoms with Crippen molar-refractivity contribution in [2.75, 3.05) is 0 Å². The molecule has 0 radical (unpaired) electrons. The first-order valence-electron chi connectivity index (χ1n) is 11.4. The van der Waals surface area contributed by atoms with Gasteiger partial charge in [-0.1, -0.05) is 69.4 Å². The third-order valence-electron chi connectivity index (χ3n) is 7.04. The Bertz CT molecular complexity index is 1120. The number of aryl methyl sites for hydroxylation is 1. The standard InChI is InChI=1S/C27H26F6/c1-2-16-3-5-17(6-4-16)7-8-18-9-11-21-19(13-18)10-12-22(26(21)30)20-14-23(28)25(24(29)15-20)27(31,32)33/h9-17H,2-8H2,1H3/t16-,17-. The van der Waals surface area contributed by atoms with E-state index in [-0.39, 0.29) is 16.5 Å². The maximum absolute atomic E-state index is 15.2. The molecule has 3 aromatic rings. The summed E-state index contributed by atoms with van der Waals surface area (Å²) in [6.07, 6.45) is 3.16. The summed E-state index contributed by atoms with van der Waals surface area (Å²) in [6.45, 7) is 2.25. The van der Waals surface area contributed by atoms with Gasteiger partial charge in [0.1, 0.15) is 23.0 Å². The molecule has 4 rings (SSSR count). The molecular weight excluding hydrogens is 438 g/mol. The molecule has 176 valence electrons. The lowest BCUT2D eigenvalue weighted by Crippen LogP contribution is -2.14. The fraction of sp³-hybridized carbons (Fsp3) is 0.407. The Morgan fingerprint density at radius 2 is 1.45 bits per heavy atom. The second-order valence-electron chi connectivity index (χ2n) is 9.13. The van der Waals surface area contributed by atoms with E-state index in [9.17, 15) is 22.0 Å². The molecule has 0 bridgehead atoms. The molecule has 0 spiro atoms. The molecule has 33 heavy (non-hydrogen) atoms. The van der Waals surface area contributed by atoms with Crippen LogP contribution in [-0.2, 0) is 12.6 Å². The van der Waals surface area contributed by atoms with E-state index in [1.807, 2.05) is 12.1 Å². The van der Waals surface area contributed by atoms with Gasteiger partial charge in [0.15, 0.2) is 0 Å². The molecule has 0 heterocycles. The average molecular weight is 464 g/mol. The molecule has 0 atom stereocenters. The second-order valence-corrected chi connectivity index (χ2v) is 9.13. The third kappa shape index (κ3) is 5.04.